The Balaban J connectivity index is 4.86. The molecule has 1 unspecified atom stereocenters. The fraction of sp³-hybridized carbons (Fsp3) is 0.778. The van der Waals surface area contributed by atoms with Crippen molar-refractivity contribution in [2.75, 3.05) is 0 Å². The molecule has 0 saturated carbocycles. The Morgan fingerprint density at radius 1 is 1.17 bits per heavy atom. The zero-order valence-corrected chi connectivity index (χ0v) is 9.52. The van der Waals surface area contributed by atoms with E-state index in [1.165, 1.54) is 19.2 Å². The van der Waals surface area contributed by atoms with E-state index in [2.05, 4.69) is 0 Å². The van der Waals surface area contributed by atoms with Gasteiger partial charge < -0.3 is 10.4 Å². The Kier molecular flexibility index (Phi) is 5.06. The molecule has 0 fully saturated rings. The first-order chi connectivity index (χ1) is 7.89. The zero-order valence-electron chi connectivity index (χ0n) is 9.52. The number of hydrogen-bond donors (Lipinski definition) is 2. The van der Waals surface area contributed by atoms with Gasteiger partial charge in [-0.05, 0) is 5.92 Å². The van der Waals surface area contributed by atoms with E-state index in [-0.39, 0.29) is 0 Å². The van der Waals surface area contributed by atoms with Crippen molar-refractivity contribution >= 4 is 11.9 Å². The minimum Gasteiger partial charge on any atom is -0.481 e. The van der Waals surface area contributed by atoms with Crippen molar-refractivity contribution in [2.24, 2.45) is 5.92 Å². The highest BCUT2D eigenvalue weighted by molar-refractivity contribution is 5.85. The summed E-state index contributed by atoms with van der Waals surface area (Å²) in [4.78, 5) is 21.2. The highest BCUT2D eigenvalue weighted by Crippen LogP contribution is 2.35. The average molecular weight is 277 g/mol. The number of carboxylic acid groups (broad SMARTS) is 1. The van der Waals surface area contributed by atoms with Crippen LogP contribution in [-0.2, 0) is 9.59 Å². The average Bonchev–Trinajstić information content (AvgIpc) is 2.13. The van der Waals surface area contributed by atoms with Crippen LogP contribution >= 0.6 is 0 Å². The largest absolute Gasteiger partial charge is 0.481 e. The number of hydrogen-bond acceptors (Lipinski definition) is 2. The van der Waals surface area contributed by atoms with Gasteiger partial charge in [0.1, 0.15) is 0 Å². The normalized spacial score (nSPS) is 14.4. The van der Waals surface area contributed by atoms with Gasteiger partial charge in [0.05, 0.1) is 6.42 Å². The quantitative estimate of drug-likeness (QED) is 0.753. The fourth-order valence-electron chi connectivity index (χ4n) is 1.03. The molecule has 0 heterocycles. The summed E-state index contributed by atoms with van der Waals surface area (Å²) in [7, 11) is 0. The predicted molar refractivity (Wildman–Crippen MR) is 50.0 cm³/mol. The van der Waals surface area contributed by atoms with E-state index in [1.54, 1.807) is 0 Å². The summed E-state index contributed by atoms with van der Waals surface area (Å²) in [6, 6.07) is -1.30. The van der Waals surface area contributed by atoms with E-state index in [4.69, 9.17) is 5.11 Å². The van der Waals surface area contributed by atoms with Crippen molar-refractivity contribution in [1.29, 1.82) is 0 Å². The number of carboxylic acids is 1. The standard InChI is InChI=1S/C9H12F5NO3/c1-4(2)5(3-6(16)17)15-7(18)8(10,11)9(12,13)14/h4-5H,3H2,1-2H3,(H,15,18)(H,16,17). The second-order valence-electron chi connectivity index (χ2n) is 3.99. The Morgan fingerprint density at radius 3 is 1.89 bits per heavy atom. The molecule has 0 aromatic heterocycles. The molecule has 4 nitrogen and oxygen atoms in total. The molecule has 0 radical (unpaired) electrons. The number of halogens is 5. The Morgan fingerprint density at radius 2 is 1.61 bits per heavy atom. The van der Waals surface area contributed by atoms with Crippen molar-refractivity contribution in [3.8, 4) is 0 Å². The number of aliphatic carboxylic acids is 1. The summed E-state index contributed by atoms with van der Waals surface area (Å²) >= 11 is 0. The summed E-state index contributed by atoms with van der Waals surface area (Å²) < 4.78 is 60.8. The molecule has 0 bridgehead atoms. The van der Waals surface area contributed by atoms with Crippen LogP contribution in [-0.4, -0.2) is 35.1 Å². The molecule has 0 aliphatic rings. The van der Waals surface area contributed by atoms with Gasteiger partial charge in [-0.1, -0.05) is 13.8 Å². The SMILES string of the molecule is CC(C)C(CC(=O)O)NC(=O)C(F)(F)C(F)(F)F. The highest BCUT2D eigenvalue weighted by Gasteiger charge is 2.63. The molecule has 1 amide bonds. The third-order valence-electron chi connectivity index (χ3n) is 2.16. The number of amides is 1. The Labute approximate surface area is 99.2 Å². The van der Waals surface area contributed by atoms with Gasteiger partial charge in [0, 0.05) is 6.04 Å². The molecule has 0 aliphatic heterocycles. The van der Waals surface area contributed by atoms with Gasteiger partial charge in [0.2, 0.25) is 0 Å². The maximum absolute atomic E-state index is 12.6. The Hall–Kier alpha value is -1.41. The van der Waals surface area contributed by atoms with Gasteiger partial charge >= 0.3 is 24.0 Å². The van der Waals surface area contributed by atoms with E-state index < -0.39 is 42.4 Å². The molecular weight excluding hydrogens is 265 g/mol. The predicted octanol–water partition coefficient (Wildman–Crippen LogP) is 1.80. The molecule has 18 heavy (non-hydrogen) atoms. The van der Waals surface area contributed by atoms with E-state index in [1.807, 2.05) is 0 Å². The number of carbonyl (C=O) groups excluding carboxylic acids is 1. The summed E-state index contributed by atoms with van der Waals surface area (Å²) in [5.41, 5.74) is 0. The van der Waals surface area contributed by atoms with Gasteiger partial charge in [0.25, 0.3) is 0 Å². The maximum atomic E-state index is 12.6. The second-order valence-corrected chi connectivity index (χ2v) is 3.99. The van der Waals surface area contributed by atoms with Gasteiger partial charge in [-0.25, -0.2) is 0 Å². The molecule has 1 atom stereocenters. The first-order valence-electron chi connectivity index (χ1n) is 4.87. The number of carbonyl (C=O) groups is 2. The van der Waals surface area contributed by atoms with Crippen LogP contribution in [0.4, 0.5) is 22.0 Å². The third-order valence-corrected chi connectivity index (χ3v) is 2.16. The van der Waals surface area contributed by atoms with Gasteiger partial charge in [-0.2, -0.15) is 22.0 Å². The van der Waals surface area contributed by atoms with Crippen LogP contribution in [0.25, 0.3) is 0 Å². The summed E-state index contributed by atoms with van der Waals surface area (Å²) in [5, 5.41) is 9.85. The molecular formula is C9H12F5NO3. The number of rotatable bonds is 5. The zero-order chi connectivity index (χ0) is 14.7. The van der Waals surface area contributed by atoms with Crippen molar-refractivity contribution in [2.45, 2.75) is 38.4 Å². The van der Waals surface area contributed by atoms with Crippen molar-refractivity contribution in [3.63, 3.8) is 0 Å². The first-order valence-corrected chi connectivity index (χ1v) is 4.87. The van der Waals surface area contributed by atoms with Crippen LogP contribution in [0.2, 0.25) is 0 Å². The smallest absolute Gasteiger partial charge is 0.463 e. The van der Waals surface area contributed by atoms with E-state index in [0.717, 1.165) is 0 Å². The van der Waals surface area contributed by atoms with Gasteiger partial charge in [0.15, 0.2) is 0 Å². The van der Waals surface area contributed by atoms with Crippen molar-refractivity contribution in [3.05, 3.63) is 0 Å². The lowest BCUT2D eigenvalue weighted by atomic mass is 10.0. The highest BCUT2D eigenvalue weighted by atomic mass is 19.4. The lowest BCUT2D eigenvalue weighted by molar-refractivity contribution is -0.270. The van der Waals surface area contributed by atoms with E-state index >= 15 is 0 Å². The molecule has 0 saturated heterocycles. The van der Waals surface area contributed by atoms with Crippen molar-refractivity contribution < 1.29 is 36.6 Å². The van der Waals surface area contributed by atoms with Crippen molar-refractivity contribution in [1.82, 2.24) is 5.32 Å². The summed E-state index contributed by atoms with van der Waals surface area (Å²) in [6.45, 7) is 2.78. The number of nitrogens with one attached hydrogen (secondary N) is 1. The topological polar surface area (TPSA) is 66.4 Å². The maximum Gasteiger partial charge on any atom is 0.463 e. The van der Waals surface area contributed by atoms with Crippen LogP contribution in [0.5, 0.6) is 0 Å². The number of alkyl halides is 5. The molecule has 0 aliphatic carbocycles. The molecule has 2 N–H and O–H groups in total. The lowest BCUT2D eigenvalue weighted by Gasteiger charge is -2.24. The first kappa shape index (κ1) is 16.6. The molecule has 106 valence electrons. The molecule has 0 aromatic rings. The molecule has 0 spiro atoms. The third kappa shape index (κ3) is 4.11. The van der Waals surface area contributed by atoms with E-state index in [9.17, 15) is 31.5 Å². The summed E-state index contributed by atoms with van der Waals surface area (Å²) in [5.74, 6) is -10.1. The van der Waals surface area contributed by atoms with Crippen LogP contribution in [0.3, 0.4) is 0 Å². The van der Waals surface area contributed by atoms with Crippen LogP contribution < -0.4 is 5.32 Å². The van der Waals surface area contributed by atoms with E-state index in [0.29, 0.717) is 0 Å². The van der Waals surface area contributed by atoms with Crippen LogP contribution in [0.15, 0.2) is 0 Å². The monoisotopic (exact) mass is 277 g/mol. The Bertz CT molecular complexity index is 327. The lowest BCUT2D eigenvalue weighted by Crippen LogP contribution is -2.54. The van der Waals surface area contributed by atoms with Crippen LogP contribution in [0.1, 0.15) is 20.3 Å². The minimum absolute atomic E-state index is 0.603. The van der Waals surface area contributed by atoms with Crippen LogP contribution in [0, 0.1) is 5.92 Å². The van der Waals surface area contributed by atoms with Gasteiger partial charge in [-0.3, -0.25) is 9.59 Å². The fourth-order valence-corrected chi connectivity index (χ4v) is 1.03. The molecule has 0 rings (SSSR count). The molecule has 9 heteroatoms. The minimum atomic E-state index is -6.01. The van der Waals surface area contributed by atoms with Gasteiger partial charge in [-0.15, -0.1) is 0 Å². The molecule has 0 aromatic carbocycles. The second kappa shape index (κ2) is 5.49. The summed E-state index contributed by atoms with van der Waals surface area (Å²) in [6.07, 6.45) is -6.75.